The number of aromatic nitrogens is 1. The number of amides is 1. The van der Waals surface area contributed by atoms with Gasteiger partial charge in [-0.3, -0.25) is 4.79 Å². The first kappa shape index (κ1) is 15.8. The van der Waals surface area contributed by atoms with E-state index in [0.29, 0.717) is 11.6 Å². The van der Waals surface area contributed by atoms with Crippen molar-refractivity contribution in [2.24, 2.45) is 5.92 Å². The van der Waals surface area contributed by atoms with E-state index in [1.54, 1.807) is 0 Å². The van der Waals surface area contributed by atoms with Crippen molar-refractivity contribution < 1.29 is 4.79 Å². The number of H-pyrrole nitrogens is 1. The van der Waals surface area contributed by atoms with E-state index < -0.39 is 0 Å². The Labute approximate surface area is 137 Å². The minimum Gasteiger partial charge on any atom is -0.351 e. The zero-order chi connectivity index (χ0) is 16.1. The molecule has 1 aliphatic rings. The third-order valence-corrected chi connectivity index (χ3v) is 4.58. The van der Waals surface area contributed by atoms with Gasteiger partial charge in [-0.15, -0.1) is 0 Å². The van der Waals surface area contributed by atoms with Gasteiger partial charge < -0.3 is 15.2 Å². The van der Waals surface area contributed by atoms with Gasteiger partial charge in [0.15, 0.2) is 0 Å². The van der Waals surface area contributed by atoms with Gasteiger partial charge in [0.2, 0.25) is 0 Å². The van der Waals surface area contributed by atoms with Gasteiger partial charge in [0.25, 0.3) is 5.91 Å². The molecule has 0 spiro atoms. The molecule has 0 saturated carbocycles. The first-order chi connectivity index (χ1) is 11.2. The summed E-state index contributed by atoms with van der Waals surface area (Å²) in [6.45, 7) is 3.10. The quantitative estimate of drug-likeness (QED) is 0.891. The van der Waals surface area contributed by atoms with E-state index in [1.165, 1.54) is 19.4 Å². The molecule has 1 saturated heterocycles. The second kappa shape index (κ2) is 7.47. The van der Waals surface area contributed by atoms with Gasteiger partial charge in [-0.25, -0.2) is 0 Å². The molecule has 0 radical (unpaired) electrons. The van der Waals surface area contributed by atoms with Gasteiger partial charge in [0, 0.05) is 18.8 Å². The standard InChI is InChI=1S/C19H25N3O/c1-22-13-5-6-15(14-22)11-12-20-19(23)18-10-9-17(21-18)16-7-3-2-4-8-16/h2-4,7-10,15,21H,5-6,11-14H2,1H3,(H,20,23)/t15-/m1/s1. The summed E-state index contributed by atoms with van der Waals surface area (Å²) in [7, 11) is 2.18. The van der Waals surface area contributed by atoms with Gasteiger partial charge in [-0.2, -0.15) is 0 Å². The molecule has 1 atom stereocenters. The lowest BCUT2D eigenvalue weighted by atomic mass is 9.95. The van der Waals surface area contributed by atoms with Crippen molar-refractivity contribution in [1.82, 2.24) is 15.2 Å². The molecule has 1 aromatic heterocycles. The van der Waals surface area contributed by atoms with Crippen molar-refractivity contribution >= 4 is 5.91 Å². The highest BCUT2D eigenvalue weighted by Crippen LogP contribution is 2.19. The molecule has 1 amide bonds. The number of carbonyl (C=O) groups excluding carboxylic acids is 1. The van der Waals surface area contributed by atoms with Crippen molar-refractivity contribution in [3.8, 4) is 11.3 Å². The molecule has 1 aliphatic heterocycles. The molecule has 0 unspecified atom stereocenters. The van der Waals surface area contributed by atoms with Gasteiger partial charge in [-0.05, 0) is 56.5 Å². The van der Waals surface area contributed by atoms with Gasteiger partial charge in [-0.1, -0.05) is 30.3 Å². The summed E-state index contributed by atoms with van der Waals surface area (Å²) in [4.78, 5) is 17.8. The Morgan fingerprint density at radius 1 is 1.26 bits per heavy atom. The highest BCUT2D eigenvalue weighted by molar-refractivity contribution is 5.93. The molecule has 0 bridgehead atoms. The van der Waals surface area contributed by atoms with Crippen molar-refractivity contribution in [3.05, 3.63) is 48.2 Å². The maximum atomic E-state index is 12.2. The lowest BCUT2D eigenvalue weighted by Gasteiger charge is -2.29. The summed E-state index contributed by atoms with van der Waals surface area (Å²) >= 11 is 0. The maximum Gasteiger partial charge on any atom is 0.267 e. The largest absolute Gasteiger partial charge is 0.351 e. The highest BCUT2D eigenvalue weighted by Gasteiger charge is 2.17. The van der Waals surface area contributed by atoms with Crippen LogP contribution in [0.4, 0.5) is 0 Å². The minimum atomic E-state index is -0.0173. The van der Waals surface area contributed by atoms with Gasteiger partial charge >= 0.3 is 0 Å². The van der Waals surface area contributed by atoms with Crippen LogP contribution in [-0.4, -0.2) is 42.5 Å². The molecule has 4 nitrogen and oxygen atoms in total. The average molecular weight is 311 g/mol. The number of likely N-dealkylation sites (tertiary alicyclic amines) is 1. The minimum absolute atomic E-state index is 0.0173. The van der Waals surface area contributed by atoms with E-state index in [1.807, 2.05) is 42.5 Å². The van der Waals surface area contributed by atoms with Crippen molar-refractivity contribution in [1.29, 1.82) is 0 Å². The number of benzene rings is 1. The molecular weight excluding hydrogens is 286 g/mol. The number of hydrogen-bond acceptors (Lipinski definition) is 2. The van der Waals surface area contributed by atoms with Gasteiger partial charge in [0.1, 0.15) is 5.69 Å². The average Bonchev–Trinajstić information content (AvgIpc) is 3.06. The van der Waals surface area contributed by atoms with Crippen LogP contribution in [0.3, 0.4) is 0 Å². The van der Waals surface area contributed by atoms with Crippen molar-refractivity contribution in [2.45, 2.75) is 19.3 Å². The summed E-state index contributed by atoms with van der Waals surface area (Å²) in [5.41, 5.74) is 2.70. The van der Waals surface area contributed by atoms with Crippen LogP contribution >= 0.6 is 0 Å². The van der Waals surface area contributed by atoms with E-state index in [2.05, 4.69) is 22.2 Å². The first-order valence-electron chi connectivity index (χ1n) is 8.43. The number of carbonyl (C=O) groups is 1. The number of aromatic amines is 1. The van der Waals surface area contributed by atoms with Crippen LogP contribution in [0.5, 0.6) is 0 Å². The molecule has 4 heteroatoms. The molecule has 3 rings (SSSR count). The van der Waals surface area contributed by atoms with Crippen molar-refractivity contribution in [3.63, 3.8) is 0 Å². The third-order valence-electron chi connectivity index (χ3n) is 4.58. The van der Waals surface area contributed by atoms with Crippen LogP contribution in [-0.2, 0) is 0 Å². The second-order valence-corrected chi connectivity index (χ2v) is 6.47. The first-order valence-corrected chi connectivity index (χ1v) is 8.43. The molecule has 1 aromatic carbocycles. The zero-order valence-corrected chi connectivity index (χ0v) is 13.7. The molecule has 2 N–H and O–H groups in total. The monoisotopic (exact) mass is 311 g/mol. The summed E-state index contributed by atoms with van der Waals surface area (Å²) in [6, 6.07) is 13.9. The topological polar surface area (TPSA) is 48.1 Å². The molecule has 2 heterocycles. The number of nitrogens with one attached hydrogen (secondary N) is 2. The van der Waals surface area contributed by atoms with Crippen LogP contribution in [0.1, 0.15) is 29.8 Å². The highest BCUT2D eigenvalue weighted by atomic mass is 16.1. The van der Waals surface area contributed by atoms with E-state index in [-0.39, 0.29) is 5.91 Å². The number of piperidine rings is 1. The Kier molecular flexibility index (Phi) is 5.13. The Balaban J connectivity index is 1.50. The smallest absolute Gasteiger partial charge is 0.267 e. The van der Waals surface area contributed by atoms with Crippen LogP contribution in [0.2, 0.25) is 0 Å². The maximum absolute atomic E-state index is 12.2. The van der Waals surface area contributed by atoms with E-state index in [9.17, 15) is 4.79 Å². The zero-order valence-electron chi connectivity index (χ0n) is 13.7. The normalized spacial score (nSPS) is 18.7. The second-order valence-electron chi connectivity index (χ2n) is 6.47. The van der Waals surface area contributed by atoms with E-state index in [4.69, 9.17) is 0 Å². The van der Waals surface area contributed by atoms with Gasteiger partial charge in [0.05, 0.1) is 0 Å². The van der Waals surface area contributed by atoms with Crippen molar-refractivity contribution in [2.75, 3.05) is 26.7 Å². The van der Waals surface area contributed by atoms with Crippen LogP contribution in [0, 0.1) is 5.92 Å². The fraction of sp³-hybridized carbons (Fsp3) is 0.421. The Morgan fingerprint density at radius 2 is 2.09 bits per heavy atom. The molecule has 0 aliphatic carbocycles. The predicted molar refractivity (Wildman–Crippen MR) is 93.4 cm³/mol. The van der Waals surface area contributed by atoms with Crippen LogP contribution in [0.25, 0.3) is 11.3 Å². The molecule has 2 aromatic rings. The summed E-state index contributed by atoms with van der Waals surface area (Å²) in [5.74, 6) is 0.689. The fourth-order valence-electron chi connectivity index (χ4n) is 3.31. The van der Waals surface area contributed by atoms with E-state index >= 15 is 0 Å². The third kappa shape index (κ3) is 4.23. The predicted octanol–water partition coefficient (Wildman–Crippen LogP) is 3.14. The Morgan fingerprint density at radius 3 is 2.87 bits per heavy atom. The van der Waals surface area contributed by atoms with Crippen LogP contribution < -0.4 is 5.32 Å². The lowest BCUT2D eigenvalue weighted by Crippen LogP contribution is -2.34. The Bertz CT molecular complexity index is 635. The lowest BCUT2D eigenvalue weighted by molar-refractivity contribution is 0.0944. The number of nitrogens with zero attached hydrogens (tertiary/aromatic N) is 1. The fourth-order valence-corrected chi connectivity index (χ4v) is 3.31. The van der Waals surface area contributed by atoms with Crippen LogP contribution in [0.15, 0.2) is 42.5 Å². The summed E-state index contributed by atoms with van der Waals surface area (Å²) < 4.78 is 0. The van der Waals surface area contributed by atoms with E-state index in [0.717, 1.165) is 30.8 Å². The number of hydrogen-bond donors (Lipinski definition) is 2. The Hall–Kier alpha value is -2.07. The molecule has 1 fully saturated rings. The number of rotatable bonds is 5. The SMILES string of the molecule is CN1CCC[C@H](CCNC(=O)c2ccc(-c3ccccc3)[nH]2)C1. The molecule has 23 heavy (non-hydrogen) atoms. The summed E-state index contributed by atoms with van der Waals surface area (Å²) in [5, 5.41) is 3.04. The molecular formula is C19H25N3O. The summed E-state index contributed by atoms with van der Waals surface area (Å²) in [6.07, 6.45) is 3.61. The molecule has 122 valence electrons.